The van der Waals surface area contributed by atoms with E-state index in [0.29, 0.717) is 21.4 Å². The molecule has 20 heavy (non-hydrogen) atoms. The number of ketones is 1. The summed E-state index contributed by atoms with van der Waals surface area (Å²) < 4.78 is 10.4. The maximum atomic E-state index is 11.6. The molecule has 3 nitrogen and oxygen atoms in total. The minimum atomic E-state index is -0.0568. The molecule has 1 heterocycles. The Morgan fingerprint density at radius 3 is 2.65 bits per heavy atom. The van der Waals surface area contributed by atoms with Crippen LogP contribution in [0.4, 0.5) is 0 Å². The van der Waals surface area contributed by atoms with Crippen LogP contribution in [0.25, 0.3) is 10.4 Å². The van der Waals surface area contributed by atoms with Crippen LogP contribution in [-0.4, -0.2) is 19.7 Å². The van der Waals surface area contributed by atoms with Gasteiger partial charge in [0, 0.05) is 12.5 Å². The summed E-state index contributed by atoms with van der Waals surface area (Å²) >= 11 is 13.4. The average molecular weight is 331 g/mol. The molecule has 6 heteroatoms. The molecular weight excluding hydrogens is 319 g/mol. The molecule has 0 saturated carbocycles. The van der Waals surface area contributed by atoms with Gasteiger partial charge in [-0.2, -0.15) is 0 Å². The van der Waals surface area contributed by atoms with Crippen LogP contribution in [0.2, 0.25) is 10.0 Å². The third kappa shape index (κ3) is 3.15. The molecule has 0 saturated heterocycles. The minimum Gasteiger partial charge on any atom is -0.465 e. The second-order valence-electron chi connectivity index (χ2n) is 4.04. The van der Waals surface area contributed by atoms with E-state index < -0.39 is 0 Å². The number of carbonyl (C=O) groups is 1. The molecule has 0 aliphatic rings. The van der Waals surface area contributed by atoms with E-state index in [-0.39, 0.29) is 12.6 Å². The van der Waals surface area contributed by atoms with E-state index in [1.165, 1.54) is 25.4 Å². The Labute approximate surface area is 131 Å². The lowest BCUT2D eigenvalue weighted by atomic mass is 10.1. The average Bonchev–Trinajstić information content (AvgIpc) is 2.83. The van der Waals surface area contributed by atoms with E-state index >= 15 is 0 Å². The molecule has 0 atom stereocenters. The molecule has 0 amide bonds. The smallest absolute Gasteiger partial charge is 0.188 e. The number of Topliss-reactive ketones (excluding diaryl/α,β-unsaturated/α-hetero) is 1. The number of carbonyl (C=O) groups excluding carboxylic acids is 1. The summed E-state index contributed by atoms with van der Waals surface area (Å²) in [6.45, 7) is 1.58. The number of hydrogen-bond acceptors (Lipinski definition) is 4. The predicted molar refractivity (Wildman–Crippen MR) is 82.3 cm³/mol. The second kappa shape index (κ2) is 6.59. The van der Waals surface area contributed by atoms with Crippen LogP contribution >= 0.6 is 34.5 Å². The van der Waals surface area contributed by atoms with Crippen molar-refractivity contribution in [2.75, 3.05) is 13.9 Å². The van der Waals surface area contributed by atoms with Gasteiger partial charge in [0.05, 0.1) is 20.5 Å². The lowest BCUT2D eigenvalue weighted by Crippen LogP contribution is -2.02. The van der Waals surface area contributed by atoms with E-state index in [1.807, 2.05) is 6.07 Å². The van der Waals surface area contributed by atoms with Gasteiger partial charge in [-0.25, -0.2) is 0 Å². The largest absolute Gasteiger partial charge is 0.465 e. The third-order valence-corrected chi connectivity index (χ3v) is 4.38. The summed E-state index contributed by atoms with van der Waals surface area (Å²) in [5, 5.41) is 2.71. The van der Waals surface area contributed by atoms with E-state index in [9.17, 15) is 4.79 Å². The second-order valence-corrected chi connectivity index (χ2v) is 5.74. The van der Waals surface area contributed by atoms with Crippen LogP contribution in [-0.2, 0) is 4.74 Å². The highest BCUT2D eigenvalue weighted by atomic mass is 35.5. The number of thiophene rings is 1. The Kier molecular flexibility index (Phi) is 5.05. The van der Waals surface area contributed by atoms with E-state index in [0.717, 1.165) is 10.4 Å². The molecule has 1 aromatic carbocycles. The van der Waals surface area contributed by atoms with Crippen molar-refractivity contribution in [3.05, 3.63) is 39.2 Å². The van der Waals surface area contributed by atoms with Gasteiger partial charge in [0.1, 0.15) is 0 Å². The van der Waals surface area contributed by atoms with E-state index in [1.54, 1.807) is 17.5 Å². The van der Waals surface area contributed by atoms with Crippen molar-refractivity contribution < 1.29 is 14.3 Å². The van der Waals surface area contributed by atoms with Gasteiger partial charge in [-0.1, -0.05) is 29.3 Å². The van der Waals surface area contributed by atoms with Gasteiger partial charge < -0.3 is 9.47 Å². The van der Waals surface area contributed by atoms with E-state index in [4.69, 9.17) is 32.7 Å². The van der Waals surface area contributed by atoms with Crippen LogP contribution in [0.5, 0.6) is 5.75 Å². The zero-order valence-corrected chi connectivity index (χ0v) is 13.2. The first-order chi connectivity index (χ1) is 9.54. The van der Waals surface area contributed by atoms with Gasteiger partial charge in [0.25, 0.3) is 0 Å². The van der Waals surface area contributed by atoms with Crippen LogP contribution in [0.3, 0.4) is 0 Å². The third-order valence-electron chi connectivity index (χ3n) is 2.63. The normalized spacial score (nSPS) is 10.6. The Hall–Kier alpha value is -1.07. The van der Waals surface area contributed by atoms with Crippen molar-refractivity contribution in [2.24, 2.45) is 0 Å². The van der Waals surface area contributed by atoms with Crippen molar-refractivity contribution in [3.8, 4) is 16.2 Å². The van der Waals surface area contributed by atoms with E-state index in [2.05, 4.69) is 0 Å². The number of benzene rings is 1. The SMILES string of the molecule is COCOc1c(C(C)=O)csc1-c1ccc(Cl)c(Cl)c1. The summed E-state index contributed by atoms with van der Waals surface area (Å²) in [6, 6.07) is 5.30. The highest BCUT2D eigenvalue weighted by Gasteiger charge is 2.18. The van der Waals surface area contributed by atoms with Gasteiger partial charge in [-0.05, 0) is 24.6 Å². The van der Waals surface area contributed by atoms with Gasteiger partial charge in [0.2, 0.25) is 0 Å². The molecule has 0 radical (unpaired) electrons. The quantitative estimate of drug-likeness (QED) is 0.577. The maximum absolute atomic E-state index is 11.6. The Bertz CT molecular complexity index is 637. The fourth-order valence-corrected chi connectivity index (χ4v) is 3.03. The predicted octanol–water partition coefficient (Wildman–Crippen LogP) is 4.91. The fourth-order valence-electron chi connectivity index (χ4n) is 1.69. The number of halogens is 2. The zero-order valence-electron chi connectivity index (χ0n) is 10.9. The van der Waals surface area contributed by atoms with Gasteiger partial charge >= 0.3 is 0 Å². The molecule has 0 aliphatic carbocycles. The lowest BCUT2D eigenvalue weighted by molar-refractivity contribution is 0.0510. The molecule has 1 aromatic heterocycles. The first kappa shape index (κ1) is 15.3. The molecule has 2 rings (SSSR count). The zero-order chi connectivity index (χ0) is 14.7. The van der Waals surface area contributed by atoms with Crippen molar-refractivity contribution in [1.82, 2.24) is 0 Å². The first-order valence-corrected chi connectivity index (χ1v) is 7.37. The molecule has 106 valence electrons. The topological polar surface area (TPSA) is 35.5 Å². The van der Waals surface area contributed by atoms with Crippen LogP contribution in [0.15, 0.2) is 23.6 Å². The first-order valence-electron chi connectivity index (χ1n) is 5.74. The van der Waals surface area contributed by atoms with Gasteiger partial charge in [-0.15, -0.1) is 11.3 Å². The molecule has 0 fully saturated rings. The number of rotatable bonds is 5. The number of ether oxygens (including phenoxy) is 2. The molecule has 0 spiro atoms. The van der Waals surface area contributed by atoms with Crippen LogP contribution in [0, 0.1) is 0 Å². The van der Waals surface area contributed by atoms with Crippen molar-refractivity contribution >= 4 is 40.3 Å². The highest BCUT2D eigenvalue weighted by molar-refractivity contribution is 7.14. The van der Waals surface area contributed by atoms with Crippen molar-refractivity contribution in [2.45, 2.75) is 6.92 Å². The fraction of sp³-hybridized carbons (Fsp3) is 0.214. The van der Waals surface area contributed by atoms with Gasteiger partial charge in [-0.3, -0.25) is 4.79 Å². The summed E-state index contributed by atoms with van der Waals surface area (Å²) in [4.78, 5) is 12.5. The monoisotopic (exact) mass is 330 g/mol. The Morgan fingerprint density at radius 2 is 2.05 bits per heavy atom. The van der Waals surface area contributed by atoms with Crippen molar-refractivity contribution in [3.63, 3.8) is 0 Å². The Balaban J connectivity index is 2.49. The molecule has 2 aromatic rings. The molecular formula is C14H12Cl2O3S. The number of hydrogen-bond donors (Lipinski definition) is 0. The van der Waals surface area contributed by atoms with Gasteiger partial charge in [0.15, 0.2) is 18.3 Å². The van der Waals surface area contributed by atoms with Crippen molar-refractivity contribution in [1.29, 1.82) is 0 Å². The summed E-state index contributed by atoms with van der Waals surface area (Å²) in [5.74, 6) is 0.460. The Morgan fingerprint density at radius 1 is 1.30 bits per heavy atom. The van der Waals surface area contributed by atoms with Crippen LogP contribution in [0.1, 0.15) is 17.3 Å². The summed E-state index contributed by atoms with van der Waals surface area (Å²) in [5.41, 5.74) is 1.39. The minimum absolute atomic E-state index is 0.0568. The molecule has 0 unspecified atom stereocenters. The number of methoxy groups -OCH3 is 1. The molecule has 0 bridgehead atoms. The van der Waals surface area contributed by atoms with Crippen LogP contribution < -0.4 is 4.74 Å². The molecule has 0 N–H and O–H groups in total. The summed E-state index contributed by atoms with van der Waals surface area (Å²) in [6.07, 6.45) is 0. The maximum Gasteiger partial charge on any atom is 0.188 e. The summed E-state index contributed by atoms with van der Waals surface area (Å²) in [7, 11) is 1.53. The lowest BCUT2D eigenvalue weighted by Gasteiger charge is -2.09. The molecule has 0 aliphatic heterocycles. The standard InChI is InChI=1S/C14H12Cl2O3S/c1-8(17)10-6-20-14(13(10)19-7-18-2)9-3-4-11(15)12(16)5-9/h3-6H,7H2,1-2H3. The highest BCUT2D eigenvalue weighted by Crippen LogP contribution is 2.41.